The molecule has 2 rings (SSSR count). The van der Waals surface area contributed by atoms with Crippen molar-refractivity contribution in [1.82, 2.24) is 4.98 Å². The summed E-state index contributed by atoms with van der Waals surface area (Å²) in [7, 11) is 2.04. The van der Waals surface area contributed by atoms with Crippen molar-refractivity contribution in [3.8, 4) is 0 Å². The van der Waals surface area contributed by atoms with Crippen LogP contribution in [-0.2, 0) is 13.2 Å². The molecule has 0 bridgehead atoms. The molecular formula is C15H18N2O. The first-order chi connectivity index (χ1) is 8.69. The second-order valence-corrected chi connectivity index (χ2v) is 4.45. The van der Waals surface area contributed by atoms with Gasteiger partial charge in [0, 0.05) is 18.4 Å². The number of pyridine rings is 1. The third kappa shape index (κ3) is 3.08. The number of aryl methyl sites for hydroxylation is 1. The fourth-order valence-electron chi connectivity index (χ4n) is 1.88. The van der Waals surface area contributed by atoms with Crippen molar-refractivity contribution in [3.63, 3.8) is 0 Å². The van der Waals surface area contributed by atoms with Crippen LogP contribution in [0.1, 0.15) is 17.0 Å². The SMILES string of the molecule is Cc1cccc(CN(C)c2ccc(CO)cc2)n1. The maximum atomic E-state index is 9.01. The van der Waals surface area contributed by atoms with Crippen LogP contribution in [0.4, 0.5) is 5.69 Å². The van der Waals surface area contributed by atoms with Crippen LogP contribution < -0.4 is 4.90 Å². The zero-order chi connectivity index (χ0) is 13.0. The normalized spacial score (nSPS) is 10.4. The summed E-state index contributed by atoms with van der Waals surface area (Å²) < 4.78 is 0. The third-order valence-electron chi connectivity index (χ3n) is 2.90. The Bertz CT molecular complexity index is 508. The minimum Gasteiger partial charge on any atom is -0.392 e. The zero-order valence-electron chi connectivity index (χ0n) is 10.8. The van der Waals surface area contributed by atoms with Crippen LogP contribution in [0.2, 0.25) is 0 Å². The van der Waals surface area contributed by atoms with E-state index in [2.05, 4.69) is 9.88 Å². The number of aliphatic hydroxyl groups is 1. The van der Waals surface area contributed by atoms with Crippen LogP contribution >= 0.6 is 0 Å². The Hall–Kier alpha value is -1.87. The molecular weight excluding hydrogens is 224 g/mol. The Labute approximate surface area is 108 Å². The second-order valence-electron chi connectivity index (χ2n) is 4.45. The van der Waals surface area contributed by atoms with Crippen molar-refractivity contribution in [2.45, 2.75) is 20.1 Å². The standard InChI is InChI=1S/C15H18N2O/c1-12-4-3-5-14(16-12)10-17(2)15-8-6-13(11-18)7-9-15/h3-9,18H,10-11H2,1-2H3. The third-order valence-corrected chi connectivity index (χ3v) is 2.90. The highest BCUT2D eigenvalue weighted by molar-refractivity contribution is 5.47. The molecule has 0 amide bonds. The predicted octanol–water partition coefficient (Wildman–Crippen LogP) is 2.52. The lowest BCUT2D eigenvalue weighted by atomic mass is 10.2. The highest BCUT2D eigenvalue weighted by atomic mass is 16.3. The topological polar surface area (TPSA) is 36.4 Å². The van der Waals surface area contributed by atoms with Crippen LogP contribution in [0, 0.1) is 6.92 Å². The molecule has 1 aromatic heterocycles. The van der Waals surface area contributed by atoms with Gasteiger partial charge in [0.25, 0.3) is 0 Å². The second kappa shape index (κ2) is 5.65. The summed E-state index contributed by atoms with van der Waals surface area (Å²) in [5.74, 6) is 0. The zero-order valence-corrected chi connectivity index (χ0v) is 10.8. The van der Waals surface area contributed by atoms with E-state index in [0.29, 0.717) is 0 Å². The van der Waals surface area contributed by atoms with E-state index in [9.17, 15) is 0 Å². The minimum absolute atomic E-state index is 0.0867. The summed E-state index contributed by atoms with van der Waals surface area (Å²) in [6.45, 7) is 2.86. The van der Waals surface area contributed by atoms with Crippen molar-refractivity contribution >= 4 is 5.69 Å². The van der Waals surface area contributed by atoms with Crippen molar-refractivity contribution in [3.05, 3.63) is 59.4 Å². The summed E-state index contributed by atoms with van der Waals surface area (Å²) in [4.78, 5) is 6.63. The lowest BCUT2D eigenvalue weighted by Crippen LogP contribution is -2.17. The Morgan fingerprint density at radius 1 is 1.11 bits per heavy atom. The molecule has 0 aliphatic carbocycles. The van der Waals surface area contributed by atoms with E-state index in [0.717, 1.165) is 29.2 Å². The average Bonchev–Trinajstić information content (AvgIpc) is 2.39. The van der Waals surface area contributed by atoms with Gasteiger partial charge in [0.05, 0.1) is 18.8 Å². The molecule has 3 nitrogen and oxygen atoms in total. The van der Waals surface area contributed by atoms with Crippen molar-refractivity contribution in [1.29, 1.82) is 0 Å². The fourth-order valence-corrected chi connectivity index (χ4v) is 1.88. The molecule has 1 aromatic carbocycles. The molecule has 0 fully saturated rings. The molecule has 0 radical (unpaired) electrons. The molecule has 1 heterocycles. The Morgan fingerprint density at radius 3 is 2.44 bits per heavy atom. The van der Waals surface area contributed by atoms with E-state index in [1.807, 2.05) is 56.4 Å². The number of rotatable bonds is 4. The molecule has 18 heavy (non-hydrogen) atoms. The molecule has 94 valence electrons. The molecule has 0 atom stereocenters. The highest BCUT2D eigenvalue weighted by Gasteiger charge is 2.03. The van der Waals surface area contributed by atoms with Gasteiger partial charge in [-0.25, -0.2) is 0 Å². The summed E-state index contributed by atoms with van der Waals surface area (Å²) in [5, 5.41) is 9.01. The predicted molar refractivity (Wildman–Crippen MR) is 73.4 cm³/mol. The highest BCUT2D eigenvalue weighted by Crippen LogP contribution is 2.16. The Balaban J connectivity index is 2.09. The van der Waals surface area contributed by atoms with E-state index < -0.39 is 0 Å². The number of aliphatic hydroxyl groups excluding tert-OH is 1. The maximum Gasteiger partial charge on any atom is 0.0681 e. The molecule has 0 aliphatic heterocycles. The van der Waals surface area contributed by atoms with Crippen LogP contribution in [0.3, 0.4) is 0 Å². The van der Waals surface area contributed by atoms with E-state index >= 15 is 0 Å². The van der Waals surface area contributed by atoms with Gasteiger partial charge in [-0.1, -0.05) is 18.2 Å². The van der Waals surface area contributed by atoms with Gasteiger partial charge in [0.2, 0.25) is 0 Å². The molecule has 0 aliphatic rings. The van der Waals surface area contributed by atoms with Crippen LogP contribution in [0.15, 0.2) is 42.5 Å². The number of hydrogen-bond acceptors (Lipinski definition) is 3. The lowest BCUT2D eigenvalue weighted by molar-refractivity contribution is 0.282. The van der Waals surface area contributed by atoms with E-state index in [4.69, 9.17) is 5.11 Å². The van der Waals surface area contributed by atoms with Gasteiger partial charge in [-0.15, -0.1) is 0 Å². The minimum atomic E-state index is 0.0867. The Morgan fingerprint density at radius 2 is 1.83 bits per heavy atom. The van der Waals surface area contributed by atoms with Crippen LogP contribution in [0.5, 0.6) is 0 Å². The lowest BCUT2D eigenvalue weighted by Gasteiger charge is -2.19. The average molecular weight is 242 g/mol. The van der Waals surface area contributed by atoms with Crippen molar-refractivity contribution < 1.29 is 5.11 Å². The largest absolute Gasteiger partial charge is 0.392 e. The summed E-state index contributed by atoms with van der Waals surface area (Å²) >= 11 is 0. The van der Waals surface area contributed by atoms with Crippen LogP contribution in [0.25, 0.3) is 0 Å². The fraction of sp³-hybridized carbons (Fsp3) is 0.267. The van der Waals surface area contributed by atoms with E-state index in [1.54, 1.807) is 0 Å². The summed E-state index contributed by atoms with van der Waals surface area (Å²) in [6, 6.07) is 14.0. The summed E-state index contributed by atoms with van der Waals surface area (Å²) in [5.41, 5.74) is 4.15. The van der Waals surface area contributed by atoms with Gasteiger partial charge in [-0.2, -0.15) is 0 Å². The maximum absolute atomic E-state index is 9.01. The van der Waals surface area contributed by atoms with Gasteiger partial charge in [0.15, 0.2) is 0 Å². The number of anilines is 1. The monoisotopic (exact) mass is 242 g/mol. The molecule has 1 N–H and O–H groups in total. The van der Waals surface area contributed by atoms with Crippen molar-refractivity contribution in [2.75, 3.05) is 11.9 Å². The van der Waals surface area contributed by atoms with Crippen LogP contribution in [-0.4, -0.2) is 17.1 Å². The quantitative estimate of drug-likeness (QED) is 0.895. The molecule has 0 unspecified atom stereocenters. The first kappa shape index (κ1) is 12.6. The van der Waals surface area contributed by atoms with Gasteiger partial charge >= 0.3 is 0 Å². The van der Waals surface area contributed by atoms with E-state index in [1.165, 1.54) is 0 Å². The first-order valence-electron chi connectivity index (χ1n) is 6.02. The van der Waals surface area contributed by atoms with Gasteiger partial charge in [-0.3, -0.25) is 4.98 Å². The number of nitrogens with zero attached hydrogens (tertiary/aromatic N) is 2. The Kier molecular flexibility index (Phi) is 3.95. The first-order valence-corrected chi connectivity index (χ1v) is 6.02. The molecule has 2 aromatic rings. The number of aromatic nitrogens is 1. The summed E-state index contributed by atoms with van der Waals surface area (Å²) in [6.07, 6.45) is 0. The molecule has 0 saturated carbocycles. The van der Waals surface area contributed by atoms with E-state index in [-0.39, 0.29) is 6.61 Å². The van der Waals surface area contributed by atoms with Gasteiger partial charge < -0.3 is 10.0 Å². The van der Waals surface area contributed by atoms with Gasteiger partial charge in [0.1, 0.15) is 0 Å². The smallest absolute Gasteiger partial charge is 0.0681 e. The van der Waals surface area contributed by atoms with Crippen molar-refractivity contribution in [2.24, 2.45) is 0 Å². The number of benzene rings is 1. The molecule has 0 saturated heterocycles. The number of hydrogen-bond donors (Lipinski definition) is 1. The molecule has 0 spiro atoms. The molecule has 3 heteroatoms. The van der Waals surface area contributed by atoms with Gasteiger partial charge in [-0.05, 0) is 36.8 Å².